The number of halogens is 1. The van der Waals surface area contributed by atoms with Crippen molar-refractivity contribution in [3.8, 4) is 11.3 Å². The van der Waals surface area contributed by atoms with Crippen LogP contribution in [0.5, 0.6) is 0 Å². The molecule has 22 heavy (non-hydrogen) atoms. The van der Waals surface area contributed by atoms with Gasteiger partial charge in [-0.05, 0) is 42.4 Å². The summed E-state index contributed by atoms with van der Waals surface area (Å²) in [7, 11) is 0. The van der Waals surface area contributed by atoms with E-state index in [0.29, 0.717) is 11.6 Å². The number of hydrogen-bond donors (Lipinski definition) is 2. The smallest absolute Gasteiger partial charge is 0.353 e. The Balaban J connectivity index is 1.83. The van der Waals surface area contributed by atoms with Crippen LogP contribution in [0.1, 0.15) is 54.6 Å². The quantitative estimate of drug-likeness (QED) is 0.860. The molecule has 0 unspecified atom stereocenters. The van der Waals surface area contributed by atoms with Gasteiger partial charge in [0.25, 0.3) is 0 Å². The van der Waals surface area contributed by atoms with Gasteiger partial charge >= 0.3 is 5.97 Å². The van der Waals surface area contributed by atoms with Crippen LogP contribution >= 0.6 is 11.6 Å². The lowest BCUT2D eigenvalue weighted by Gasteiger charge is -2.27. The first-order valence-electron chi connectivity index (χ1n) is 7.63. The number of carboxylic acids is 1. The SMILES string of the molecule is CC1CCC(c2ccc(-c3cc(C(=O)O)[nH]n3)cc2Cl)CC1. The van der Waals surface area contributed by atoms with Crippen LogP contribution in [0.25, 0.3) is 11.3 Å². The molecule has 116 valence electrons. The van der Waals surface area contributed by atoms with Crippen LogP contribution in [-0.2, 0) is 0 Å². The summed E-state index contributed by atoms with van der Waals surface area (Å²) in [5.41, 5.74) is 2.72. The number of aromatic amines is 1. The number of hydrogen-bond acceptors (Lipinski definition) is 2. The maximum absolute atomic E-state index is 10.9. The molecule has 4 nitrogen and oxygen atoms in total. The second kappa shape index (κ2) is 6.13. The first kappa shape index (κ1) is 15.1. The van der Waals surface area contributed by atoms with E-state index >= 15 is 0 Å². The first-order chi connectivity index (χ1) is 10.5. The Morgan fingerprint density at radius 2 is 2.00 bits per heavy atom. The second-order valence-electron chi connectivity index (χ2n) is 6.17. The van der Waals surface area contributed by atoms with Crippen LogP contribution in [0, 0.1) is 5.92 Å². The molecule has 0 amide bonds. The normalized spacial score (nSPS) is 21.7. The van der Waals surface area contributed by atoms with Crippen LogP contribution in [0.3, 0.4) is 0 Å². The Morgan fingerprint density at radius 3 is 2.59 bits per heavy atom. The van der Waals surface area contributed by atoms with Crippen molar-refractivity contribution in [3.63, 3.8) is 0 Å². The zero-order valence-electron chi connectivity index (χ0n) is 12.5. The van der Waals surface area contributed by atoms with Gasteiger partial charge in [-0.15, -0.1) is 0 Å². The van der Waals surface area contributed by atoms with Gasteiger partial charge in [-0.3, -0.25) is 5.10 Å². The lowest BCUT2D eigenvalue weighted by atomic mass is 9.79. The maximum Gasteiger partial charge on any atom is 0.353 e. The molecule has 1 aromatic carbocycles. The fourth-order valence-electron chi connectivity index (χ4n) is 3.17. The molecule has 1 aliphatic carbocycles. The van der Waals surface area contributed by atoms with Crippen molar-refractivity contribution >= 4 is 17.6 Å². The van der Waals surface area contributed by atoms with Crippen molar-refractivity contribution in [2.75, 3.05) is 0 Å². The number of aromatic nitrogens is 2. The Morgan fingerprint density at radius 1 is 1.27 bits per heavy atom. The van der Waals surface area contributed by atoms with E-state index in [2.05, 4.69) is 23.2 Å². The highest BCUT2D eigenvalue weighted by atomic mass is 35.5. The molecule has 1 aromatic heterocycles. The van der Waals surface area contributed by atoms with E-state index in [1.807, 2.05) is 12.1 Å². The van der Waals surface area contributed by atoms with Gasteiger partial charge in [0.2, 0.25) is 0 Å². The summed E-state index contributed by atoms with van der Waals surface area (Å²) in [5, 5.41) is 16.2. The van der Waals surface area contributed by atoms with E-state index in [0.717, 1.165) is 16.5 Å². The molecular weight excluding hydrogens is 300 g/mol. The molecule has 1 saturated carbocycles. The van der Waals surface area contributed by atoms with Gasteiger partial charge < -0.3 is 5.11 Å². The maximum atomic E-state index is 10.9. The number of H-pyrrole nitrogens is 1. The largest absolute Gasteiger partial charge is 0.477 e. The number of benzene rings is 1. The van der Waals surface area contributed by atoms with Gasteiger partial charge in [0.05, 0.1) is 5.69 Å². The van der Waals surface area contributed by atoms with Crippen LogP contribution in [0.4, 0.5) is 0 Å². The van der Waals surface area contributed by atoms with Crippen molar-refractivity contribution in [1.29, 1.82) is 0 Å². The molecule has 2 N–H and O–H groups in total. The van der Waals surface area contributed by atoms with E-state index in [4.69, 9.17) is 16.7 Å². The zero-order chi connectivity index (χ0) is 15.7. The Kier molecular flexibility index (Phi) is 4.21. The average Bonchev–Trinajstić information content (AvgIpc) is 2.98. The van der Waals surface area contributed by atoms with Gasteiger partial charge in [-0.25, -0.2) is 4.79 Å². The first-order valence-corrected chi connectivity index (χ1v) is 8.01. The Hall–Kier alpha value is -1.81. The standard InChI is InChI=1S/C17H19ClN2O2/c1-10-2-4-11(5-3-10)13-7-6-12(8-14(13)18)15-9-16(17(21)22)20-19-15/h6-11H,2-5H2,1H3,(H,19,20)(H,21,22). The second-order valence-corrected chi connectivity index (χ2v) is 6.57. The Labute approximate surface area is 134 Å². The average molecular weight is 319 g/mol. The van der Waals surface area contributed by atoms with Gasteiger partial charge in [0.15, 0.2) is 0 Å². The molecule has 0 saturated heterocycles. The summed E-state index contributed by atoms with van der Waals surface area (Å²) in [4.78, 5) is 10.9. The zero-order valence-corrected chi connectivity index (χ0v) is 13.2. The highest BCUT2D eigenvalue weighted by Crippen LogP contribution is 2.39. The summed E-state index contributed by atoms with van der Waals surface area (Å²) in [6, 6.07) is 7.45. The number of nitrogens with zero attached hydrogens (tertiary/aromatic N) is 1. The summed E-state index contributed by atoms with van der Waals surface area (Å²) in [6.07, 6.45) is 4.88. The molecule has 5 heteroatoms. The molecule has 0 atom stereocenters. The highest BCUT2D eigenvalue weighted by molar-refractivity contribution is 6.31. The summed E-state index contributed by atoms with van der Waals surface area (Å²) in [5.74, 6) is 0.331. The van der Waals surface area contributed by atoms with E-state index in [9.17, 15) is 4.79 Å². The molecule has 2 aromatic rings. The third kappa shape index (κ3) is 3.02. The molecule has 0 bridgehead atoms. The molecule has 1 heterocycles. The lowest BCUT2D eigenvalue weighted by Crippen LogP contribution is -2.11. The van der Waals surface area contributed by atoms with Crippen LogP contribution in [-0.4, -0.2) is 21.3 Å². The van der Waals surface area contributed by atoms with Crippen LogP contribution < -0.4 is 0 Å². The molecule has 0 spiro atoms. The number of carbonyl (C=O) groups is 1. The molecule has 3 rings (SSSR count). The minimum absolute atomic E-state index is 0.0801. The van der Waals surface area contributed by atoms with Crippen molar-refractivity contribution < 1.29 is 9.90 Å². The minimum Gasteiger partial charge on any atom is -0.477 e. The number of nitrogens with one attached hydrogen (secondary N) is 1. The van der Waals surface area contributed by atoms with Gasteiger partial charge in [-0.1, -0.05) is 43.5 Å². The van der Waals surface area contributed by atoms with E-state index in [1.165, 1.54) is 37.3 Å². The topological polar surface area (TPSA) is 66.0 Å². The minimum atomic E-state index is -1.02. The molecule has 0 radical (unpaired) electrons. The lowest BCUT2D eigenvalue weighted by molar-refractivity contribution is 0.0690. The van der Waals surface area contributed by atoms with Crippen LogP contribution in [0.2, 0.25) is 5.02 Å². The highest BCUT2D eigenvalue weighted by Gasteiger charge is 2.22. The fraction of sp³-hybridized carbons (Fsp3) is 0.412. The van der Waals surface area contributed by atoms with Crippen LogP contribution in [0.15, 0.2) is 24.3 Å². The van der Waals surface area contributed by atoms with E-state index in [1.54, 1.807) is 0 Å². The monoisotopic (exact) mass is 318 g/mol. The molecular formula is C17H19ClN2O2. The van der Waals surface area contributed by atoms with Gasteiger partial charge in [-0.2, -0.15) is 5.10 Å². The number of aromatic carboxylic acids is 1. The number of rotatable bonds is 3. The molecule has 1 aliphatic rings. The van der Waals surface area contributed by atoms with Gasteiger partial charge in [0, 0.05) is 10.6 Å². The Bertz CT molecular complexity index is 688. The van der Waals surface area contributed by atoms with E-state index in [-0.39, 0.29) is 5.69 Å². The predicted molar refractivity (Wildman–Crippen MR) is 86.4 cm³/mol. The molecule has 1 fully saturated rings. The van der Waals surface area contributed by atoms with Crippen molar-refractivity contribution in [3.05, 3.63) is 40.5 Å². The summed E-state index contributed by atoms with van der Waals surface area (Å²) >= 11 is 6.46. The molecule has 0 aliphatic heterocycles. The third-order valence-corrected chi connectivity index (χ3v) is 4.89. The van der Waals surface area contributed by atoms with E-state index < -0.39 is 5.97 Å². The summed E-state index contributed by atoms with van der Waals surface area (Å²) in [6.45, 7) is 2.30. The fourth-order valence-corrected chi connectivity index (χ4v) is 3.50. The summed E-state index contributed by atoms with van der Waals surface area (Å²) < 4.78 is 0. The predicted octanol–water partition coefficient (Wildman–Crippen LogP) is 4.72. The third-order valence-electron chi connectivity index (χ3n) is 4.56. The number of carboxylic acid groups (broad SMARTS) is 1. The van der Waals surface area contributed by atoms with Crippen molar-refractivity contribution in [1.82, 2.24) is 10.2 Å². The van der Waals surface area contributed by atoms with Crippen molar-refractivity contribution in [2.45, 2.75) is 38.5 Å². The van der Waals surface area contributed by atoms with Crippen molar-refractivity contribution in [2.24, 2.45) is 5.92 Å². The van der Waals surface area contributed by atoms with Gasteiger partial charge in [0.1, 0.15) is 5.69 Å².